The van der Waals surface area contributed by atoms with Gasteiger partial charge in [0.05, 0.1) is 30.2 Å². The normalized spacial score (nSPS) is 11.0. The number of thiophene rings is 1. The molecule has 0 saturated carbocycles. The predicted molar refractivity (Wildman–Crippen MR) is 121 cm³/mol. The number of amides is 1. The Labute approximate surface area is 190 Å². The summed E-state index contributed by atoms with van der Waals surface area (Å²) in [5, 5.41) is 5.76. The molecular weight excluding hydrogens is 454 g/mol. The molecule has 4 aromatic rings. The SMILES string of the molecule is COCc1nc(OC)c2c(C)c(C(=O)Nc3nc(-c4c[nH]c(C(=O)OC)c4)cs3)sc2n1. The molecule has 0 aliphatic rings. The maximum Gasteiger partial charge on any atom is 0.354 e. The van der Waals surface area contributed by atoms with Gasteiger partial charge >= 0.3 is 5.97 Å². The van der Waals surface area contributed by atoms with Gasteiger partial charge in [-0.1, -0.05) is 0 Å². The number of anilines is 1. The van der Waals surface area contributed by atoms with Crippen LogP contribution >= 0.6 is 22.7 Å². The lowest BCUT2D eigenvalue weighted by Gasteiger charge is -2.05. The van der Waals surface area contributed by atoms with Gasteiger partial charge in [-0.05, 0) is 18.6 Å². The van der Waals surface area contributed by atoms with Crippen LogP contribution in [0.5, 0.6) is 5.88 Å². The summed E-state index contributed by atoms with van der Waals surface area (Å²) in [6, 6.07) is 1.64. The molecule has 1 amide bonds. The zero-order valence-corrected chi connectivity index (χ0v) is 19.3. The quantitative estimate of drug-likeness (QED) is 0.389. The molecule has 0 bridgehead atoms. The lowest BCUT2D eigenvalue weighted by Crippen LogP contribution is -2.11. The summed E-state index contributed by atoms with van der Waals surface area (Å²) >= 11 is 2.54. The van der Waals surface area contributed by atoms with E-state index in [2.05, 4.69) is 25.3 Å². The lowest BCUT2D eigenvalue weighted by atomic mass is 10.2. The Balaban J connectivity index is 1.59. The molecule has 2 N–H and O–H groups in total. The Hall–Kier alpha value is -3.35. The van der Waals surface area contributed by atoms with Gasteiger partial charge in [-0.15, -0.1) is 22.7 Å². The van der Waals surface area contributed by atoms with E-state index >= 15 is 0 Å². The summed E-state index contributed by atoms with van der Waals surface area (Å²) in [7, 11) is 4.40. The Morgan fingerprint density at radius 2 is 2.00 bits per heavy atom. The minimum absolute atomic E-state index is 0.240. The fourth-order valence-corrected chi connectivity index (χ4v) is 4.89. The molecule has 4 heterocycles. The Morgan fingerprint density at radius 3 is 2.72 bits per heavy atom. The van der Waals surface area contributed by atoms with Crippen LogP contribution in [0.4, 0.5) is 5.13 Å². The van der Waals surface area contributed by atoms with Crippen molar-refractivity contribution in [3.8, 4) is 17.1 Å². The van der Waals surface area contributed by atoms with Gasteiger partial charge in [0.15, 0.2) is 11.0 Å². The van der Waals surface area contributed by atoms with Crippen LogP contribution in [0, 0.1) is 6.92 Å². The Bertz CT molecular complexity index is 1310. The molecule has 32 heavy (non-hydrogen) atoms. The van der Waals surface area contributed by atoms with Crippen molar-refractivity contribution in [1.29, 1.82) is 0 Å². The highest BCUT2D eigenvalue weighted by Gasteiger charge is 2.22. The first-order valence-corrected chi connectivity index (χ1v) is 11.0. The van der Waals surface area contributed by atoms with Gasteiger partial charge in [0.1, 0.15) is 17.1 Å². The minimum atomic E-state index is -0.465. The number of carbonyl (C=O) groups excluding carboxylic acids is 2. The summed E-state index contributed by atoms with van der Waals surface area (Å²) in [6.45, 7) is 2.07. The zero-order valence-electron chi connectivity index (χ0n) is 17.6. The first-order chi connectivity index (χ1) is 15.4. The second kappa shape index (κ2) is 9.02. The van der Waals surface area contributed by atoms with Gasteiger partial charge in [-0.25, -0.2) is 14.8 Å². The van der Waals surface area contributed by atoms with Crippen molar-refractivity contribution in [2.45, 2.75) is 13.5 Å². The number of carbonyl (C=O) groups is 2. The molecule has 0 fully saturated rings. The van der Waals surface area contributed by atoms with E-state index in [1.807, 2.05) is 6.92 Å². The molecule has 0 radical (unpaired) electrons. The second-order valence-electron chi connectivity index (χ2n) is 6.60. The summed E-state index contributed by atoms with van der Waals surface area (Å²) in [4.78, 5) is 41.9. The molecule has 0 atom stereocenters. The van der Waals surface area contributed by atoms with Crippen LogP contribution < -0.4 is 10.1 Å². The molecule has 0 aliphatic carbocycles. The highest BCUT2D eigenvalue weighted by atomic mass is 32.1. The third-order valence-electron chi connectivity index (χ3n) is 4.59. The minimum Gasteiger partial charge on any atom is -0.480 e. The molecule has 0 unspecified atom stereocenters. The largest absolute Gasteiger partial charge is 0.480 e. The van der Waals surface area contributed by atoms with Crippen LogP contribution in [0.3, 0.4) is 0 Å². The van der Waals surface area contributed by atoms with E-state index in [-0.39, 0.29) is 12.5 Å². The molecule has 10 nitrogen and oxygen atoms in total. The summed E-state index contributed by atoms with van der Waals surface area (Å²) in [5.41, 5.74) is 2.39. The van der Waals surface area contributed by atoms with E-state index in [0.717, 1.165) is 5.56 Å². The van der Waals surface area contributed by atoms with Gasteiger partial charge in [0, 0.05) is 24.3 Å². The number of ether oxygens (including phenoxy) is 3. The van der Waals surface area contributed by atoms with Crippen molar-refractivity contribution in [2.75, 3.05) is 26.6 Å². The van der Waals surface area contributed by atoms with Crippen LogP contribution in [0.1, 0.15) is 31.5 Å². The molecule has 166 valence electrons. The zero-order chi connectivity index (χ0) is 22.8. The van der Waals surface area contributed by atoms with Gasteiger partial charge in [-0.2, -0.15) is 4.98 Å². The van der Waals surface area contributed by atoms with Crippen molar-refractivity contribution >= 4 is 49.9 Å². The molecule has 4 rings (SSSR count). The number of aromatic nitrogens is 4. The van der Waals surface area contributed by atoms with E-state index in [0.29, 0.717) is 48.9 Å². The van der Waals surface area contributed by atoms with E-state index in [1.54, 1.807) is 24.8 Å². The molecule has 0 aliphatic heterocycles. The van der Waals surface area contributed by atoms with Crippen molar-refractivity contribution < 1.29 is 23.8 Å². The second-order valence-corrected chi connectivity index (χ2v) is 8.46. The van der Waals surface area contributed by atoms with Crippen molar-refractivity contribution in [3.63, 3.8) is 0 Å². The van der Waals surface area contributed by atoms with Gasteiger partial charge in [0.25, 0.3) is 5.91 Å². The number of thiazole rings is 1. The number of aryl methyl sites for hydroxylation is 1. The summed E-state index contributed by atoms with van der Waals surface area (Å²) in [5.74, 6) is 0.117. The van der Waals surface area contributed by atoms with Gasteiger partial charge < -0.3 is 19.2 Å². The Morgan fingerprint density at radius 1 is 1.19 bits per heavy atom. The average Bonchev–Trinajstić information content (AvgIpc) is 3.52. The van der Waals surface area contributed by atoms with Crippen LogP contribution in [-0.4, -0.2) is 53.1 Å². The smallest absolute Gasteiger partial charge is 0.354 e. The number of nitrogens with one attached hydrogen (secondary N) is 2. The van der Waals surface area contributed by atoms with E-state index in [1.165, 1.54) is 36.9 Å². The van der Waals surface area contributed by atoms with E-state index in [9.17, 15) is 9.59 Å². The number of rotatable bonds is 7. The van der Waals surface area contributed by atoms with Crippen LogP contribution in [0.25, 0.3) is 21.5 Å². The van der Waals surface area contributed by atoms with E-state index < -0.39 is 5.97 Å². The number of hydrogen-bond acceptors (Lipinski definition) is 10. The highest BCUT2D eigenvalue weighted by molar-refractivity contribution is 7.21. The monoisotopic (exact) mass is 473 g/mol. The maximum atomic E-state index is 13.0. The van der Waals surface area contributed by atoms with Crippen molar-refractivity contribution in [3.05, 3.63) is 39.6 Å². The molecule has 0 aromatic carbocycles. The molecule has 12 heteroatoms. The lowest BCUT2D eigenvalue weighted by molar-refractivity contribution is 0.0594. The molecule has 0 saturated heterocycles. The van der Waals surface area contributed by atoms with Crippen LogP contribution in [0.15, 0.2) is 17.6 Å². The number of methoxy groups -OCH3 is 3. The molecular formula is C20H19N5O5S2. The summed E-state index contributed by atoms with van der Waals surface area (Å²) < 4.78 is 15.2. The predicted octanol–water partition coefficient (Wildman–Crippen LogP) is 3.65. The fourth-order valence-electron chi connectivity index (χ4n) is 3.09. The first kappa shape index (κ1) is 21.9. The number of aromatic amines is 1. The summed E-state index contributed by atoms with van der Waals surface area (Å²) in [6.07, 6.45) is 1.66. The average molecular weight is 474 g/mol. The number of nitrogens with zero attached hydrogens (tertiary/aromatic N) is 3. The number of H-pyrrole nitrogens is 1. The van der Waals surface area contributed by atoms with Crippen LogP contribution in [-0.2, 0) is 16.1 Å². The van der Waals surface area contributed by atoms with Gasteiger partial charge in [0.2, 0.25) is 5.88 Å². The Kier molecular flexibility index (Phi) is 6.17. The maximum absolute atomic E-state index is 13.0. The van der Waals surface area contributed by atoms with E-state index in [4.69, 9.17) is 14.2 Å². The third kappa shape index (κ3) is 4.07. The number of fused-ring (bicyclic) bond motifs is 1. The number of hydrogen-bond donors (Lipinski definition) is 2. The third-order valence-corrected chi connectivity index (χ3v) is 6.53. The first-order valence-electron chi connectivity index (χ1n) is 9.32. The topological polar surface area (TPSA) is 128 Å². The molecule has 0 spiro atoms. The van der Waals surface area contributed by atoms with Crippen LogP contribution in [0.2, 0.25) is 0 Å². The number of esters is 1. The van der Waals surface area contributed by atoms with Crippen molar-refractivity contribution in [1.82, 2.24) is 19.9 Å². The molecule has 4 aromatic heterocycles. The highest BCUT2D eigenvalue weighted by Crippen LogP contribution is 2.36. The van der Waals surface area contributed by atoms with Gasteiger partial charge in [-0.3, -0.25) is 10.1 Å². The van der Waals surface area contributed by atoms with Crippen molar-refractivity contribution in [2.24, 2.45) is 0 Å². The standard InChI is InChI=1S/C20H19N5O5S2/c1-9-14-17(29-3)23-13(7-28-2)24-18(14)32-15(9)16(26)25-20-22-12(8-31-20)10-5-11(21-6-10)19(27)30-4/h5-6,8,21H,7H2,1-4H3,(H,22,25,26). The fraction of sp³-hybridized carbons (Fsp3) is 0.250.